The van der Waals surface area contributed by atoms with Gasteiger partial charge in [-0.25, -0.2) is 0 Å². The van der Waals surface area contributed by atoms with E-state index in [1.54, 1.807) is 19.2 Å². The van der Waals surface area contributed by atoms with Crippen LogP contribution < -0.4 is 5.32 Å². The Morgan fingerprint density at radius 2 is 2.19 bits per heavy atom. The Morgan fingerprint density at radius 1 is 1.56 bits per heavy atom. The number of nitrogens with one attached hydrogen (secondary N) is 1. The number of hydrogen-bond donors (Lipinski definition) is 1. The van der Waals surface area contributed by atoms with E-state index in [-0.39, 0.29) is 0 Å². The van der Waals surface area contributed by atoms with Gasteiger partial charge in [-0.3, -0.25) is 10.1 Å². The normalized spacial score (nSPS) is 11.2. The van der Waals surface area contributed by atoms with E-state index < -0.39 is 4.92 Å². The van der Waals surface area contributed by atoms with Crippen LogP contribution in [0.2, 0.25) is 5.02 Å². The van der Waals surface area contributed by atoms with E-state index >= 15 is 0 Å². The van der Waals surface area contributed by atoms with E-state index in [0.29, 0.717) is 15.8 Å². The van der Waals surface area contributed by atoms with E-state index in [4.69, 9.17) is 11.6 Å². The van der Waals surface area contributed by atoms with Crippen LogP contribution in [0.15, 0.2) is 35.5 Å². The molecule has 1 rings (SSSR count). The van der Waals surface area contributed by atoms with Crippen molar-refractivity contribution < 1.29 is 4.92 Å². The van der Waals surface area contributed by atoms with Crippen LogP contribution in [0.4, 0.5) is 0 Å². The average molecular weight is 259 g/mol. The molecule has 0 radical (unpaired) electrons. The van der Waals surface area contributed by atoms with E-state index in [9.17, 15) is 10.1 Å². The number of rotatable bonds is 5. The van der Waals surface area contributed by atoms with Crippen molar-refractivity contribution in [3.05, 3.63) is 56.2 Å². The van der Waals surface area contributed by atoms with Crippen LogP contribution in [0.3, 0.4) is 0 Å². The largest absolute Gasteiger partial charge is 0.378 e. The molecule has 0 amide bonds. The van der Waals surface area contributed by atoms with Crippen LogP contribution in [0, 0.1) is 10.1 Å². The van der Waals surface area contributed by atoms with Gasteiger partial charge in [0.25, 0.3) is 6.20 Å². The molecule has 1 aromatic carbocycles. The molecule has 6 heteroatoms. The van der Waals surface area contributed by atoms with Crippen molar-refractivity contribution in [1.82, 2.24) is 5.32 Å². The third kappa shape index (κ3) is 4.55. The highest BCUT2D eigenvalue weighted by Gasteiger charge is 2.02. The zero-order chi connectivity index (χ0) is 12.0. The highest BCUT2D eigenvalue weighted by Crippen LogP contribution is 2.20. The Kier molecular flexibility index (Phi) is 5.14. The minimum Gasteiger partial charge on any atom is -0.378 e. The van der Waals surface area contributed by atoms with E-state index in [1.807, 2.05) is 12.1 Å². The lowest BCUT2D eigenvalue weighted by Gasteiger charge is -2.03. The molecule has 0 saturated carbocycles. The number of benzene rings is 1. The summed E-state index contributed by atoms with van der Waals surface area (Å²) in [6.07, 6.45) is 0.959. The lowest BCUT2D eigenvalue weighted by Crippen LogP contribution is -2.05. The topological polar surface area (TPSA) is 55.2 Å². The third-order valence-electron chi connectivity index (χ3n) is 1.78. The molecule has 0 aliphatic carbocycles. The number of halogens is 1. The molecule has 0 aliphatic rings. The van der Waals surface area contributed by atoms with E-state index in [2.05, 4.69) is 5.32 Å². The first kappa shape index (κ1) is 12.9. The van der Waals surface area contributed by atoms with Gasteiger partial charge in [-0.05, 0) is 17.7 Å². The van der Waals surface area contributed by atoms with E-state index in [0.717, 1.165) is 11.8 Å². The molecular weight excluding hydrogens is 248 g/mol. The highest BCUT2D eigenvalue weighted by molar-refractivity contribution is 8.02. The van der Waals surface area contributed by atoms with Crippen LogP contribution in [0.1, 0.15) is 5.56 Å². The van der Waals surface area contributed by atoms with Crippen LogP contribution in [-0.2, 0) is 5.75 Å². The predicted octanol–water partition coefficient (Wildman–Crippen LogP) is 2.87. The quantitative estimate of drug-likeness (QED) is 0.652. The Bertz CT molecular complexity index is 392. The van der Waals surface area contributed by atoms with Gasteiger partial charge < -0.3 is 5.32 Å². The summed E-state index contributed by atoms with van der Waals surface area (Å²) in [6, 6.07) is 7.39. The molecule has 1 N–H and O–H groups in total. The van der Waals surface area contributed by atoms with Crippen molar-refractivity contribution in [2.75, 3.05) is 7.05 Å². The fraction of sp³-hybridized carbons (Fsp3) is 0.200. The van der Waals surface area contributed by atoms with Crippen LogP contribution in [-0.4, -0.2) is 12.0 Å². The molecule has 86 valence electrons. The van der Waals surface area contributed by atoms with Gasteiger partial charge >= 0.3 is 0 Å². The lowest BCUT2D eigenvalue weighted by atomic mass is 10.2. The second kappa shape index (κ2) is 6.40. The summed E-state index contributed by atoms with van der Waals surface area (Å²) >= 11 is 7.12. The Balaban J connectivity index is 2.56. The smallest absolute Gasteiger partial charge is 0.263 e. The van der Waals surface area contributed by atoms with Crippen molar-refractivity contribution in [3.8, 4) is 0 Å². The summed E-state index contributed by atoms with van der Waals surface area (Å²) in [6.45, 7) is 0. The van der Waals surface area contributed by atoms with Crippen LogP contribution >= 0.6 is 23.4 Å². The van der Waals surface area contributed by atoms with Crippen molar-refractivity contribution in [2.24, 2.45) is 0 Å². The molecule has 0 unspecified atom stereocenters. The number of thioether (sulfide) groups is 1. The fourth-order valence-corrected chi connectivity index (χ4v) is 1.96. The SMILES string of the molecule is CN/C(=C\[N+](=O)[O-])SCc1ccc(Cl)cc1. The molecule has 0 bridgehead atoms. The molecule has 1 aromatic rings. The number of hydrogen-bond acceptors (Lipinski definition) is 4. The average Bonchev–Trinajstić information content (AvgIpc) is 2.26. The fourth-order valence-electron chi connectivity index (χ4n) is 1.01. The zero-order valence-electron chi connectivity index (χ0n) is 8.64. The van der Waals surface area contributed by atoms with Gasteiger partial charge in [0.1, 0.15) is 5.03 Å². The summed E-state index contributed by atoms with van der Waals surface area (Å²) in [5, 5.41) is 14.3. The van der Waals surface area contributed by atoms with Gasteiger partial charge in [0.15, 0.2) is 0 Å². The summed E-state index contributed by atoms with van der Waals surface area (Å²) in [4.78, 5) is 9.81. The highest BCUT2D eigenvalue weighted by atomic mass is 35.5. The van der Waals surface area contributed by atoms with Crippen molar-refractivity contribution in [2.45, 2.75) is 5.75 Å². The summed E-state index contributed by atoms with van der Waals surface area (Å²) < 4.78 is 0. The Morgan fingerprint density at radius 3 is 2.69 bits per heavy atom. The van der Waals surface area contributed by atoms with Gasteiger partial charge in [-0.2, -0.15) is 0 Å². The standard InChI is InChI=1S/C10H11ClN2O2S/c1-12-10(6-13(14)15)16-7-8-2-4-9(11)5-3-8/h2-6,12H,7H2,1H3/b10-6+. The summed E-state index contributed by atoms with van der Waals surface area (Å²) in [5.74, 6) is 0.664. The second-order valence-electron chi connectivity index (χ2n) is 2.94. The van der Waals surface area contributed by atoms with Crippen molar-refractivity contribution in [3.63, 3.8) is 0 Å². The molecule has 0 heterocycles. The Hall–Kier alpha value is -1.20. The first-order valence-corrected chi connectivity index (χ1v) is 5.88. The first-order chi connectivity index (χ1) is 7.61. The van der Waals surface area contributed by atoms with Crippen molar-refractivity contribution >= 4 is 23.4 Å². The Labute approximate surface area is 103 Å². The molecule has 0 aromatic heterocycles. The summed E-state index contributed by atoms with van der Waals surface area (Å²) in [7, 11) is 1.66. The minimum absolute atomic E-state index is 0.472. The van der Waals surface area contributed by atoms with Gasteiger partial charge in [-0.1, -0.05) is 35.5 Å². The number of nitro groups is 1. The van der Waals surface area contributed by atoms with Crippen LogP contribution in [0.5, 0.6) is 0 Å². The first-order valence-electron chi connectivity index (χ1n) is 4.52. The molecular formula is C10H11ClN2O2S. The van der Waals surface area contributed by atoms with Crippen LogP contribution in [0.25, 0.3) is 0 Å². The molecule has 0 atom stereocenters. The molecule has 0 spiro atoms. The summed E-state index contributed by atoms with van der Waals surface area (Å²) in [5.41, 5.74) is 1.07. The molecule has 0 aliphatic heterocycles. The molecule has 4 nitrogen and oxygen atoms in total. The minimum atomic E-state index is -0.472. The van der Waals surface area contributed by atoms with Gasteiger partial charge in [0.2, 0.25) is 0 Å². The van der Waals surface area contributed by atoms with E-state index in [1.165, 1.54) is 11.8 Å². The van der Waals surface area contributed by atoms with Gasteiger partial charge in [0, 0.05) is 17.8 Å². The van der Waals surface area contributed by atoms with Crippen molar-refractivity contribution in [1.29, 1.82) is 0 Å². The second-order valence-corrected chi connectivity index (χ2v) is 4.40. The number of nitrogens with zero attached hydrogens (tertiary/aromatic N) is 1. The van der Waals surface area contributed by atoms with Gasteiger partial charge in [-0.15, -0.1) is 0 Å². The lowest BCUT2D eigenvalue weighted by molar-refractivity contribution is -0.403. The maximum Gasteiger partial charge on any atom is 0.263 e. The predicted molar refractivity (Wildman–Crippen MR) is 66.9 cm³/mol. The molecule has 0 fully saturated rings. The zero-order valence-corrected chi connectivity index (χ0v) is 10.2. The molecule has 0 saturated heterocycles. The third-order valence-corrected chi connectivity index (χ3v) is 3.13. The molecule has 16 heavy (non-hydrogen) atoms. The monoisotopic (exact) mass is 258 g/mol. The maximum absolute atomic E-state index is 10.3. The van der Waals surface area contributed by atoms with Gasteiger partial charge in [0.05, 0.1) is 4.92 Å². The maximum atomic E-state index is 10.3.